The van der Waals surface area contributed by atoms with E-state index < -0.39 is 19.4 Å². The maximum atomic E-state index is 7.84. The van der Waals surface area contributed by atoms with Crippen LogP contribution in [0.2, 0.25) is 0 Å². The minimum absolute atomic E-state index is 0. The zero-order chi connectivity index (χ0) is 31.3. The molecule has 0 amide bonds. The smallest absolute Gasteiger partial charge is 0.510 e. The average Bonchev–Trinajstić information content (AvgIpc) is 3.78. The molecule has 8 rings (SSSR count). The average molecular weight is 707 g/mol. The molecule has 0 radical (unpaired) electrons. The molecule has 0 saturated heterocycles. The predicted molar refractivity (Wildman–Crippen MR) is 158 cm³/mol. The number of aromatic nitrogens is 1. The number of hydrogen-bond donors (Lipinski definition) is 0. The summed E-state index contributed by atoms with van der Waals surface area (Å²) in [4.78, 5) is 5.93. The summed E-state index contributed by atoms with van der Waals surface area (Å²) in [5, 5.41) is 2.30. The van der Waals surface area contributed by atoms with E-state index in [-0.39, 0.29) is 21.1 Å². The fraction of sp³-hybridized carbons (Fsp3) is 0.118. The van der Waals surface area contributed by atoms with Crippen LogP contribution in [0.3, 0.4) is 0 Å². The molecule has 1 aromatic heterocycles. The Morgan fingerprint density at radius 3 is 2.17 bits per heavy atom. The van der Waals surface area contributed by atoms with E-state index in [9.17, 15) is 0 Å². The van der Waals surface area contributed by atoms with Crippen LogP contribution in [0, 0.1) is 25.5 Å². The van der Waals surface area contributed by atoms with E-state index in [1.807, 2.05) is 30.3 Å². The third kappa shape index (κ3) is 3.43. The van der Waals surface area contributed by atoms with Crippen molar-refractivity contribution >= 4 is 33.2 Å². The van der Waals surface area contributed by atoms with Crippen molar-refractivity contribution in [3.63, 3.8) is 0 Å². The van der Waals surface area contributed by atoms with Crippen LogP contribution < -0.4 is 9.80 Å². The number of anilines is 2. The minimum atomic E-state index is -2.30. The van der Waals surface area contributed by atoms with Crippen LogP contribution in [0.1, 0.15) is 31.8 Å². The molecule has 198 valence electrons. The quantitative estimate of drug-likeness (QED) is 0.194. The van der Waals surface area contributed by atoms with Gasteiger partial charge in [0.15, 0.2) is 0 Å². The molecule has 0 bridgehead atoms. The Labute approximate surface area is 257 Å². The minimum Gasteiger partial charge on any atom is -0.510 e. The molecular formula is C34H27N5Pt. The summed E-state index contributed by atoms with van der Waals surface area (Å²) < 4.78 is 49.2. The van der Waals surface area contributed by atoms with Crippen molar-refractivity contribution in [3.8, 4) is 5.69 Å². The molecule has 0 spiro atoms. The van der Waals surface area contributed by atoms with Crippen molar-refractivity contribution in [2.75, 3.05) is 23.8 Å². The Morgan fingerprint density at radius 1 is 0.725 bits per heavy atom. The molecule has 5 aromatic rings. The first-order valence-electron chi connectivity index (χ1n) is 15.8. The van der Waals surface area contributed by atoms with E-state index in [1.54, 1.807) is 35.5 Å². The number of para-hydroxylation sites is 2. The van der Waals surface area contributed by atoms with Gasteiger partial charge >= 0.3 is 21.1 Å². The van der Waals surface area contributed by atoms with Crippen LogP contribution in [-0.2, 0) is 26.5 Å². The van der Waals surface area contributed by atoms with Gasteiger partial charge in [-0.15, -0.1) is 34.6 Å². The maximum Gasteiger partial charge on any atom is 4.00 e. The predicted octanol–water partition coefficient (Wildman–Crippen LogP) is 6.73. The van der Waals surface area contributed by atoms with Gasteiger partial charge in [0.05, 0.1) is 0 Å². The molecule has 1 atom stereocenters. The molecule has 0 saturated carbocycles. The molecular weight excluding hydrogens is 673 g/mol. The Balaban J connectivity index is 0.00000338. The van der Waals surface area contributed by atoms with Gasteiger partial charge in [-0.25, -0.2) is 0 Å². The molecule has 5 nitrogen and oxygen atoms in total. The van der Waals surface area contributed by atoms with E-state index >= 15 is 0 Å². The van der Waals surface area contributed by atoms with Crippen molar-refractivity contribution in [3.05, 3.63) is 140 Å². The fourth-order valence-corrected chi connectivity index (χ4v) is 6.17. The SMILES string of the molecule is [2H]C([2H])([2H])N1C=CN(c2[c-]c(C3(C)c4[c-]c(N5C=CN(C([2H])([2H])[2H])[CH-]5)ccc4-n4c5ccccc5c5cccc3c54)ccc2)[CH-]1.[Pt+4]. The van der Waals surface area contributed by atoms with Gasteiger partial charge in [0, 0.05) is 35.4 Å². The second kappa shape index (κ2) is 9.04. The monoisotopic (exact) mass is 706 g/mol. The summed E-state index contributed by atoms with van der Waals surface area (Å²) in [5.41, 5.74) is 6.73. The van der Waals surface area contributed by atoms with Gasteiger partial charge in [-0.3, -0.25) is 0 Å². The van der Waals surface area contributed by atoms with E-state index in [1.165, 1.54) is 22.2 Å². The first kappa shape index (κ1) is 19.2. The van der Waals surface area contributed by atoms with E-state index in [4.69, 9.17) is 8.22 Å². The number of nitrogens with zero attached hydrogens (tertiary/aromatic N) is 5. The van der Waals surface area contributed by atoms with E-state index in [2.05, 4.69) is 66.1 Å². The number of fused-ring (bicyclic) bond motifs is 5. The summed E-state index contributed by atoms with van der Waals surface area (Å²) >= 11 is 0. The zero-order valence-electron chi connectivity index (χ0n) is 27.4. The number of rotatable bonds is 3. The molecule has 3 aliphatic rings. The van der Waals surface area contributed by atoms with E-state index in [0.717, 1.165) is 44.2 Å². The maximum absolute atomic E-state index is 7.84. The summed E-state index contributed by atoms with van der Waals surface area (Å²) in [6, 6.07) is 32.0. The first-order chi connectivity index (χ1) is 21.4. The van der Waals surface area contributed by atoms with Crippen molar-refractivity contribution in [1.82, 2.24) is 14.4 Å². The summed E-state index contributed by atoms with van der Waals surface area (Å²) in [6.45, 7) is 0.695. The number of benzene rings is 4. The Morgan fingerprint density at radius 2 is 1.43 bits per heavy atom. The van der Waals surface area contributed by atoms with Crippen LogP contribution in [0.4, 0.5) is 11.4 Å². The first-order valence-corrected chi connectivity index (χ1v) is 12.8. The summed E-state index contributed by atoms with van der Waals surface area (Å²) in [6.07, 6.45) is 6.51. The molecule has 4 heterocycles. The standard InChI is InChI=1S/C34H27N5.Pt/c1-34(24-8-6-9-25(20-24)37-18-16-35(2)22-37)29-12-7-11-28-27-10-4-5-13-31(27)39(33(28)29)32-15-14-26(21-30(32)34)38-19-17-36(3)23-38;/h4-19,22-23H,1-3H3;/q-4;+4/i2D3,3D3;. The summed E-state index contributed by atoms with van der Waals surface area (Å²) in [7, 11) is 0. The Hall–Kier alpha value is -3.95. The van der Waals surface area contributed by atoms with Gasteiger partial charge in [0.2, 0.25) is 0 Å². The van der Waals surface area contributed by atoms with Gasteiger partial charge in [-0.2, -0.15) is 43.7 Å². The molecule has 0 fully saturated rings. The van der Waals surface area contributed by atoms with Crippen LogP contribution in [0.5, 0.6) is 0 Å². The Bertz CT molecular complexity index is 2070. The zero-order valence-corrected chi connectivity index (χ0v) is 23.7. The normalized spacial score (nSPS) is 22.0. The topological polar surface area (TPSA) is 17.9 Å². The second-order valence-electron chi connectivity index (χ2n) is 10.2. The van der Waals surface area contributed by atoms with Gasteiger partial charge in [-0.05, 0) is 50.4 Å². The van der Waals surface area contributed by atoms with E-state index in [0.29, 0.717) is 11.4 Å². The molecule has 0 aliphatic carbocycles. The number of hydrogen-bond acceptors (Lipinski definition) is 4. The van der Waals surface area contributed by atoms with Crippen LogP contribution in [-0.4, -0.2) is 28.3 Å². The van der Waals surface area contributed by atoms with Crippen molar-refractivity contribution in [2.24, 2.45) is 0 Å². The van der Waals surface area contributed by atoms with Gasteiger partial charge in [0.25, 0.3) is 0 Å². The van der Waals surface area contributed by atoms with Gasteiger partial charge < -0.3 is 24.2 Å². The second-order valence-corrected chi connectivity index (χ2v) is 10.2. The van der Waals surface area contributed by atoms with Crippen LogP contribution >= 0.6 is 0 Å². The molecule has 40 heavy (non-hydrogen) atoms. The summed E-state index contributed by atoms with van der Waals surface area (Å²) in [5.74, 6) is 0. The third-order valence-electron chi connectivity index (χ3n) is 8.03. The molecule has 3 aliphatic heterocycles. The third-order valence-corrected chi connectivity index (χ3v) is 8.03. The fourth-order valence-electron chi connectivity index (χ4n) is 6.17. The van der Waals surface area contributed by atoms with Crippen molar-refractivity contribution < 1.29 is 29.3 Å². The van der Waals surface area contributed by atoms with Crippen LogP contribution in [0.25, 0.3) is 27.5 Å². The van der Waals surface area contributed by atoms with Gasteiger partial charge in [-0.1, -0.05) is 49.0 Å². The Kier molecular flexibility index (Phi) is 4.33. The molecule has 1 unspecified atom stereocenters. The molecule has 6 heteroatoms. The largest absolute Gasteiger partial charge is 4.00 e. The van der Waals surface area contributed by atoms with Crippen molar-refractivity contribution in [2.45, 2.75) is 12.3 Å². The molecule has 4 aromatic carbocycles. The van der Waals surface area contributed by atoms with Crippen LogP contribution in [0.15, 0.2) is 97.6 Å². The van der Waals surface area contributed by atoms with Gasteiger partial charge in [0.1, 0.15) is 0 Å². The van der Waals surface area contributed by atoms with Crippen molar-refractivity contribution in [1.29, 1.82) is 0 Å². The molecule has 0 N–H and O–H groups in total.